The highest BCUT2D eigenvalue weighted by molar-refractivity contribution is 7.92. The lowest BCUT2D eigenvalue weighted by Crippen LogP contribution is -2.55. The number of alkyl halides is 3. The molecule has 220 valence electrons. The maximum atomic E-state index is 14.4. The van der Waals surface area contributed by atoms with Crippen molar-refractivity contribution in [1.82, 2.24) is 15.3 Å². The third-order valence-electron chi connectivity index (χ3n) is 7.37. The lowest BCUT2D eigenvalue weighted by molar-refractivity contribution is -0.123. The van der Waals surface area contributed by atoms with Crippen LogP contribution < -0.4 is 21.7 Å². The highest BCUT2D eigenvalue weighted by Crippen LogP contribution is 2.46. The Hall–Kier alpha value is -4.86. The number of carbonyl (C=O) groups is 2. The molecule has 2 aromatic heterocycles. The standard InChI is InChI=1S/C26H25F3N8O4S/c1-13(17-7-9-34-11-19(17)21(30)31)25(14(2)18-8-10-35-12-20(18)22(32)33)23(38)37(24(39)36-25)15-3-5-16(6-4-15)42(40,41)26(27,28)29/h3-14H,1-2H3,(H3,30,31)(H3,32,33)(H,36,39). The zero-order valence-electron chi connectivity index (χ0n) is 22.1. The first-order valence-electron chi connectivity index (χ1n) is 12.2. The molecule has 2 atom stereocenters. The Morgan fingerprint density at radius 1 is 0.905 bits per heavy atom. The van der Waals surface area contributed by atoms with Gasteiger partial charge in [-0.3, -0.25) is 25.6 Å². The summed E-state index contributed by atoms with van der Waals surface area (Å²) in [7, 11) is -5.67. The molecule has 3 amide bonds. The number of amides is 3. The van der Waals surface area contributed by atoms with E-state index in [0.29, 0.717) is 28.2 Å². The predicted molar refractivity (Wildman–Crippen MR) is 146 cm³/mol. The number of imide groups is 1. The minimum Gasteiger partial charge on any atom is -0.384 e. The SMILES string of the molecule is CC(c1ccncc1C(=N)N)C1(C(C)c2ccncc2C(=N)N)NC(=O)N(c2ccc(S(=O)(=O)C(F)(F)F)cc2)C1=O. The Morgan fingerprint density at radius 3 is 1.76 bits per heavy atom. The van der Waals surface area contributed by atoms with E-state index in [1.54, 1.807) is 13.8 Å². The zero-order valence-corrected chi connectivity index (χ0v) is 22.9. The first-order valence-corrected chi connectivity index (χ1v) is 13.7. The number of nitrogen functional groups attached to an aromatic ring is 2. The summed E-state index contributed by atoms with van der Waals surface area (Å²) in [5, 5.41) is 18.8. The summed E-state index contributed by atoms with van der Waals surface area (Å²) in [5.41, 5.74) is 5.15. The van der Waals surface area contributed by atoms with Crippen LogP contribution in [0.5, 0.6) is 0 Å². The largest absolute Gasteiger partial charge is 0.501 e. The van der Waals surface area contributed by atoms with E-state index >= 15 is 0 Å². The molecule has 7 N–H and O–H groups in total. The minimum absolute atomic E-state index is 0.192. The first kappa shape index (κ1) is 30.1. The smallest absolute Gasteiger partial charge is 0.384 e. The van der Waals surface area contributed by atoms with Gasteiger partial charge in [0.05, 0.1) is 10.6 Å². The van der Waals surface area contributed by atoms with Crippen LogP contribution in [0.4, 0.5) is 23.7 Å². The maximum Gasteiger partial charge on any atom is 0.501 e. The van der Waals surface area contributed by atoms with Gasteiger partial charge in [-0.25, -0.2) is 18.1 Å². The molecule has 1 fully saturated rings. The molecule has 0 saturated carbocycles. The topological polar surface area (TPSA) is 209 Å². The third-order valence-corrected chi connectivity index (χ3v) is 8.87. The van der Waals surface area contributed by atoms with Crippen LogP contribution in [0.15, 0.2) is 66.1 Å². The average Bonchev–Trinajstić information content (AvgIpc) is 3.21. The summed E-state index contributed by atoms with van der Waals surface area (Å²) in [6, 6.07) is 5.27. The highest BCUT2D eigenvalue weighted by Gasteiger charge is 2.59. The van der Waals surface area contributed by atoms with Gasteiger partial charge in [0.1, 0.15) is 17.2 Å². The van der Waals surface area contributed by atoms with Crippen molar-refractivity contribution in [3.8, 4) is 0 Å². The lowest BCUT2D eigenvalue weighted by atomic mass is 9.68. The highest BCUT2D eigenvalue weighted by atomic mass is 32.2. The maximum absolute atomic E-state index is 14.4. The van der Waals surface area contributed by atoms with Crippen LogP contribution in [0.2, 0.25) is 0 Å². The van der Waals surface area contributed by atoms with Gasteiger partial charge >= 0.3 is 11.5 Å². The summed E-state index contributed by atoms with van der Waals surface area (Å²) in [6.45, 7) is 3.24. The second kappa shape index (κ2) is 10.5. The number of aromatic nitrogens is 2. The molecule has 0 radical (unpaired) electrons. The molecule has 2 unspecified atom stereocenters. The lowest BCUT2D eigenvalue weighted by Gasteiger charge is -2.39. The van der Waals surface area contributed by atoms with Crippen molar-refractivity contribution in [2.45, 2.75) is 41.6 Å². The molecule has 1 aromatic carbocycles. The van der Waals surface area contributed by atoms with Gasteiger partial charge in [0.25, 0.3) is 15.7 Å². The summed E-state index contributed by atoms with van der Waals surface area (Å²) in [6.07, 6.45) is 5.50. The van der Waals surface area contributed by atoms with E-state index in [9.17, 15) is 31.2 Å². The number of halogens is 3. The fourth-order valence-corrected chi connectivity index (χ4v) is 5.94. The number of carbonyl (C=O) groups excluding carboxylic acids is 2. The van der Waals surface area contributed by atoms with E-state index in [2.05, 4.69) is 15.3 Å². The van der Waals surface area contributed by atoms with E-state index in [-0.39, 0.29) is 28.5 Å². The Morgan fingerprint density at radius 2 is 1.36 bits per heavy atom. The van der Waals surface area contributed by atoms with Gasteiger partial charge in [-0.15, -0.1) is 0 Å². The number of pyridine rings is 2. The molecule has 1 saturated heterocycles. The van der Waals surface area contributed by atoms with Gasteiger partial charge in [-0.05, 0) is 47.5 Å². The van der Waals surface area contributed by atoms with Crippen LogP contribution in [-0.4, -0.2) is 53.0 Å². The minimum atomic E-state index is -5.67. The molecule has 1 aliphatic heterocycles. The van der Waals surface area contributed by atoms with Crippen molar-refractivity contribution < 1.29 is 31.2 Å². The molecule has 0 bridgehead atoms. The Balaban J connectivity index is 1.91. The van der Waals surface area contributed by atoms with Crippen molar-refractivity contribution in [3.05, 3.63) is 83.4 Å². The molecule has 42 heavy (non-hydrogen) atoms. The number of sulfone groups is 1. The van der Waals surface area contributed by atoms with E-state index in [1.807, 2.05) is 0 Å². The quantitative estimate of drug-likeness (QED) is 0.147. The van der Waals surface area contributed by atoms with Gasteiger partial charge in [0.2, 0.25) is 0 Å². The van der Waals surface area contributed by atoms with Crippen molar-refractivity contribution >= 4 is 39.1 Å². The molecule has 1 aliphatic rings. The molecular weight excluding hydrogens is 577 g/mol. The number of anilines is 1. The molecule has 0 spiro atoms. The predicted octanol–water partition coefficient (Wildman–Crippen LogP) is 2.74. The van der Waals surface area contributed by atoms with Crippen LogP contribution in [0.3, 0.4) is 0 Å². The van der Waals surface area contributed by atoms with Gasteiger partial charge in [-0.1, -0.05) is 13.8 Å². The summed E-state index contributed by atoms with van der Waals surface area (Å²) < 4.78 is 62.8. The van der Waals surface area contributed by atoms with Gasteiger partial charge < -0.3 is 16.8 Å². The summed E-state index contributed by atoms with van der Waals surface area (Å²) in [4.78, 5) is 35.5. The molecule has 4 rings (SSSR count). The number of rotatable bonds is 8. The summed E-state index contributed by atoms with van der Waals surface area (Å²) in [5.74, 6) is -3.36. The van der Waals surface area contributed by atoms with Gasteiger partial charge in [-0.2, -0.15) is 13.2 Å². The van der Waals surface area contributed by atoms with Crippen molar-refractivity contribution in [2.24, 2.45) is 11.5 Å². The van der Waals surface area contributed by atoms with Crippen LogP contribution in [0, 0.1) is 10.8 Å². The normalized spacial score (nSPS) is 18.8. The number of urea groups is 1. The second-order valence-electron chi connectivity index (χ2n) is 9.58. The number of nitrogens with two attached hydrogens (primary N) is 2. The molecule has 0 aliphatic carbocycles. The van der Waals surface area contributed by atoms with Crippen molar-refractivity contribution in [2.75, 3.05) is 4.90 Å². The summed E-state index contributed by atoms with van der Waals surface area (Å²) >= 11 is 0. The van der Waals surface area contributed by atoms with Gasteiger partial charge in [0, 0.05) is 47.8 Å². The fourth-order valence-electron chi connectivity index (χ4n) is 5.17. The fraction of sp³-hybridized carbons (Fsp3) is 0.231. The van der Waals surface area contributed by atoms with Gasteiger partial charge in [0.15, 0.2) is 0 Å². The van der Waals surface area contributed by atoms with Crippen molar-refractivity contribution in [1.29, 1.82) is 10.8 Å². The molecular formula is C26H25F3N8O4S. The molecule has 16 heteroatoms. The Bertz CT molecular complexity index is 1650. The number of nitrogens with one attached hydrogen (secondary N) is 3. The Labute approximate surface area is 237 Å². The first-order chi connectivity index (χ1) is 19.6. The van der Waals surface area contributed by atoms with E-state index in [1.165, 1.54) is 36.9 Å². The molecule has 3 aromatic rings. The number of benzene rings is 1. The van der Waals surface area contributed by atoms with E-state index in [0.717, 1.165) is 12.1 Å². The van der Waals surface area contributed by atoms with Crippen LogP contribution in [0.1, 0.15) is 47.9 Å². The molecule has 12 nitrogen and oxygen atoms in total. The number of nitrogens with zero attached hydrogens (tertiary/aromatic N) is 3. The van der Waals surface area contributed by atoms with Crippen LogP contribution in [0.25, 0.3) is 0 Å². The Kier molecular flexibility index (Phi) is 7.54. The van der Waals surface area contributed by atoms with Crippen LogP contribution in [-0.2, 0) is 14.6 Å². The van der Waals surface area contributed by atoms with Crippen molar-refractivity contribution in [3.63, 3.8) is 0 Å². The monoisotopic (exact) mass is 602 g/mol. The zero-order chi connectivity index (χ0) is 31.2. The third kappa shape index (κ3) is 4.72. The number of amidine groups is 2. The van der Waals surface area contributed by atoms with E-state index in [4.69, 9.17) is 22.3 Å². The second-order valence-corrected chi connectivity index (χ2v) is 11.5. The number of hydrogen-bond acceptors (Lipinski definition) is 8. The van der Waals surface area contributed by atoms with E-state index < -0.39 is 49.6 Å². The average molecular weight is 603 g/mol. The van der Waals surface area contributed by atoms with Crippen LogP contribution >= 0.6 is 0 Å². The number of hydrogen-bond donors (Lipinski definition) is 5. The molecule has 3 heterocycles.